The van der Waals surface area contributed by atoms with Crippen LogP contribution in [0.15, 0.2) is 53.5 Å². The number of hydrogen-bond acceptors (Lipinski definition) is 6. The van der Waals surface area contributed by atoms with Crippen LogP contribution in [0, 0.1) is 6.57 Å². The quantitative estimate of drug-likeness (QED) is 0.423. The Morgan fingerprint density at radius 3 is 2.61 bits per heavy atom. The van der Waals surface area contributed by atoms with Crippen molar-refractivity contribution in [3.63, 3.8) is 0 Å². The first kappa shape index (κ1) is 23.8. The van der Waals surface area contributed by atoms with E-state index in [2.05, 4.69) is 25.1 Å². The highest BCUT2D eigenvalue weighted by Gasteiger charge is 2.39. The maximum atomic E-state index is 13.5. The molecule has 5 rings (SSSR count). The zero-order chi connectivity index (χ0) is 25.4. The number of aliphatic imine (C=N–C) groups is 1. The Morgan fingerprint density at radius 2 is 1.89 bits per heavy atom. The smallest absolute Gasteiger partial charge is 0.277 e. The molecule has 2 aromatic heterocycles. The number of nitrogens with zero attached hydrogens (tertiary/aromatic N) is 5. The van der Waals surface area contributed by atoms with Gasteiger partial charge in [0.25, 0.3) is 12.2 Å². The highest BCUT2D eigenvalue weighted by molar-refractivity contribution is 7.93. The Hall–Kier alpha value is -3.91. The topological polar surface area (TPSA) is 91.9 Å². The summed E-state index contributed by atoms with van der Waals surface area (Å²) in [5, 5.41) is 2.84. The van der Waals surface area contributed by atoms with Crippen LogP contribution in [-0.2, 0) is 22.9 Å². The van der Waals surface area contributed by atoms with Gasteiger partial charge >= 0.3 is 0 Å². The van der Waals surface area contributed by atoms with E-state index in [1.165, 1.54) is 11.4 Å². The van der Waals surface area contributed by atoms with E-state index >= 15 is 0 Å². The van der Waals surface area contributed by atoms with Gasteiger partial charge in [-0.15, -0.1) is 4.98 Å². The summed E-state index contributed by atoms with van der Waals surface area (Å²) in [4.78, 5) is 16.3. The second kappa shape index (κ2) is 9.28. The molecule has 1 saturated carbocycles. The lowest BCUT2D eigenvalue weighted by Gasteiger charge is -2.23. The standard InChI is InChI=1S/C25H22F2N6O2S/c1-28-23-9-5-6-15(30-23)12-16-13-19(24-20(29-16)14-21(32-24)25(26)27)31-18-7-3-4-8-22(18)33(2)36(34,35)17-10-11-17/h3-9,13,17,25H,10-12,14H2,2H3,(H,29,31). The molecule has 1 aliphatic carbocycles. The third-order valence-corrected chi connectivity index (χ3v) is 8.36. The lowest BCUT2D eigenvalue weighted by atomic mass is 10.1. The molecule has 36 heavy (non-hydrogen) atoms. The van der Waals surface area contributed by atoms with Crippen LogP contribution in [-0.4, -0.2) is 42.8 Å². The van der Waals surface area contributed by atoms with Crippen molar-refractivity contribution in [1.29, 1.82) is 0 Å². The first-order valence-electron chi connectivity index (χ1n) is 11.3. The summed E-state index contributed by atoms with van der Waals surface area (Å²) < 4.78 is 54.0. The largest absolute Gasteiger partial charge is 0.361 e. The Labute approximate surface area is 207 Å². The van der Waals surface area contributed by atoms with Gasteiger partial charge in [0.05, 0.1) is 45.8 Å². The number of hydrogen-bond donors (Lipinski definition) is 1. The third kappa shape index (κ3) is 4.64. The van der Waals surface area contributed by atoms with E-state index in [-0.39, 0.29) is 29.6 Å². The molecule has 8 nitrogen and oxygen atoms in total. The number of benzene rings is 1. The number of sulfonamides is 1. The van der Waals surface area contributed by atoms with Gasteiger partial charge in [-0.1, -0.05) is 24.8 Å². The third-order valence-electron chi connectivity index (χ3n) is 6.08. The van der Waals surface area contributed by atoms with Crippen LogP contribution in [0.5, 0.6) is 0 Å². The zero-order valence-corrected chi connectivity index (χ0v) is 20.1. The van der Waals surface area contributed by atoms with E-state index in [1.807, 2.05) is 0 Å². The van der Waals surface area contributed by atoms with Crippen molar-refractivity contribution in [3.05, 3.63) is 77.0 Å². The number of anilines is 3. The highest BCUT2D eigenvalue weighted by Crippen LogP contribution is 2.41. The number of fused-ring (bicyclic) bond motifs is 1. The van der Waals surface area contributed by atoms with Crippen LogP contribution < -0.4 is 9.62 Å². The second-order valence-electron chi connectivity index (χ2n) is 8.67. The number of rotatable bonds is 8. The van der Waals surface area contributed by atoms with Crippen molar-refractivity contribution < 1.29 is 17.2 Å². The van der Waals surface area contributed by atoms with E-state index in [4.69, 9.17) is 6.57 Å². The lowest BCUT2D eigenvalue weighted by Crippen LogP contribution is -2.30. The average Bonchev–Trinajstić information content (AvgIpc) is 3.64. The maximum Gasteiger partial charge on any atom is 0.277 e. The fourth-order valence-electron chi connectivity index (χ4n) is 4.10. The molecule has 184 valence electrons. The molecular weight excluding hydrogens is 486 g/mol. The summed E-state index contributed by atoms with van der Waals surface area (Å²) in [6.45, 7) is 7.17. The molecule has 0 spiro atoms. The number of halogens is 2. The molecule has 0 bridgehead atoms. The summed E-state index contributed by atoms with van der Waals surface area (Å²) in [6, 6.07) is 13.7. The minimum Gasteiger partial charge on any atom is -0.361 e. The predicted molar refractivity (Wildman–Crippen MR) is 134 cm³/mol. The number of alkyl halides is 2. The van der Waals surface area contributed by atoms with E-state index in [1.54, 1.807) is 48.5 Å². The van der Waals surface area contributed by atoms with Gasteiger partial charge in [0.15, 0.2) is 0 Å². The molecule has 3 aromatic rings. The van der Waals surface area contributed by atoms with Gasteiger partial charge in [0, 0.05) is 13.5 Å². The molecule has 1 aliphatic heterocycles. The van der Waals surface area contributed by atoms with Crippen LogP contribution >= 0.6 is 0 Å². The summed E-state index contributed by atoms with van der Waals surface area (Å²) in [5.41, 5.74) is 3.00. The molecule has 2 aliphatic rings. The number of nitrogens with one attached hydrogen (secondary N) is 1. The number of aromatic nitrogens is 2. The summed E-state index contributed by atoms with van der Waals surface area (Å²) in [6.07, 6.45) is -1.24. The number of para-hydroxylation sites is 2. The Kier molecular flexibility index (Phi) is 6.14. The van der Waals surface area contributed by atoms with Gasteiger partial charge in [-0.25, -0.2) is 22.2 Å². The first-order valence-corrected chi connectivity index (χ1v) is 12.8. The molecule has 0 unspecified atom stereocenters. The van der Waals surface area contributed by atoms with Crippen molar-refractivity contribution in [2.45, 2.75) is 37.4 Å². The van der Waals surface area contributed by atoms with E-state index in [0.717, 1.165) is 0 Å². The molecule has 0 saturated heterocycles. The average molecular weight is 509 g/mol. The molecule has 0 atom stereocenters. The van der Waals surface area contributed by atoms with Gasteiger partial charge in [-0.05, 0) is 43.2 Å². The fourth-order valence-corrected chi connectivity index (χ4v) is 5.71. The van der Waals surface area contributed by atoms with E-state index in [0.29, 0.717) is 52.7 Å². The van der Waals surface area contributed by atoms with Gasteiger partial charge in [0.1, 0.15) is 11.4 Å². The van der Waals surface area contributed by atoms with Crippen molar-refractivity contribution in [1.82, 2.24) is 9.97 Å². The first-order chi connectivity index (χ1) is 17.3. The monoisotopic (exact) mass is 508 g/mol. The van der Waals surface area contributed by atoms with Crippen LogP contribution in [0.1, 0.15) is 29.9 Å². The lowest BCUT2D eigenvalue weighted by molar-refractivity contribution is 0.224. The minimum atomic E-state index is -3.50. The van der Waals surface area contributed by atoms with Crippen molar-refractivity contribution >= 4 is 44.3 Å². The zero-order valence-electron chi connectivity index (χ0n) is 19.3. The summed E-state index contributed by atoms with van der Waals surface area (Å²) >= 11 is 0. The fraction of sp³-hybridized carbons (Fsp3) is 0.280. The van der Waals surface area contributed by atoms with Gasteiger partial charge in [-0.3, -0.25) is 9.29 Å². The molecular formula is C25H22F2N6O2S. The molecule has 1 N–H and O–H groups in total. The van der Waals surface area contributed by atoms with Crippen LogP contribution in [0.3, 0.4) is 0 Å². The van der Waals surface area contributed by atoms with E-state index < -0.39 is 16.4 Å². The molecule has 0 amide bonds. The van der Waals surface area contributed by atoms with Crippen molar-refractivity contribution in [2.24, 2.45) is 4.99 Å². The molecule has 1 aromatic carbocycles. The summed E-state index contributed by atoms with van der Waals surface area (Å²) in [7, 11) is -1.99. The highest BCUT2D eigenvalue weighted by atomic mass is 32.2. The van der Waals surface area contributed by atoms with Crippen LogP contribution in [0.4, 0.5) is 37.3 Å². The Bertz CT molecular complexity index is 1510. The molecule has 3 heterocycles. The van der Waals surface area contributed by atoms with Crippen molar-refractivity contribution in [2.75, 3.05) is 16.7 Å². The summed E-state index contributed by atoms with van der Waals surface area (Å²) in [5.74, 6) is 0.254. The van der Waals surface area contributed by atoms with Gasteiger partial charge < -0.3 is 10.2 Å². The number of pyridine rings is 2. The SMILES string of the molecule is [C-]#[N+]c1cccc(Cc2cc(Nc3ccccc3N(C)S(=O)(=O)C3CC3)c3c(n2)CC(C(F)F)=N3)n1. The van der Waals surface area contributed by atoms with Gasteiger partial charge in [-0.2, -0.15) is 0 Å². The maximum absolute atomic E-state index is 13.5. The van der Waals surface area contributed by atoms with Crippen LogP contribution in [0.2, 0.25) is 0 Å². The minimum absolute atomic E-state index is 0.0807. The Morgan fingerprint density at radius 1 is 1.11 bits per heavy atom. The molecule has 0 radical (unpaired) electrons. The van der Waals surface area contributed by atoms with E-state index in [9.17, 15) is 17.2 Å². The second-order valence-corrected chi connectivity index (χ2v) is 10.9. The molecule has 11 heteroatoms. The van der Waals surface area contributed by atoms with Crippen LogP contribution in [0.25, 0.3) is 4.85 Å². The van der Waals surface area contributed by atoms with Crippen molar-refractivity contribution in [3.8, 4) is 0 Å². The predicted octanol–water partition coefficient (Wildman–Crippen LogP) is 5.18. The molecule has 1 fully saturated rings. The Balaban J connectivity index is 1.54. The van der Waals surface area contributed by atoms with Gasteiger partial charge in [0.2, 0.25) is 10.0 Å². The normalized spacial score (nSPS) is 14.8.